The van der Waals surface area contributed by atoms with Crippen molar-refractivity contribution >= 4 is 28.0 Å². The predicted molar refractivity (Wildman–Crippen MR) is 93.8 cm³/mol. The Balaban J connectivity index is 2.14. The number of rotatable bonds is 6. The Bertz CT molecular complexity index is 733. The summed E-state index contributed by atoms with van der Waals surface area (Å²) in [5, 5.41) is 0. The van der Waals surface area contributed by atoms with E-state index in [0.29, 0.717) is 27.3 Å². The molecule has 2 rings (SSSR count). The first-order valence-corrected chi connectivity index (χ1v) is 8.17. The first kappa shape index (κ1) is 18.3. The van der Waals surface area contributed by atoms with Gasteiger partial charge in [0.1, 0.15) is 18.2 Å². The lowest BCUT2D eigenvalue weighted by molar-refractivity contribution is 0.290. The molecule has 2 aromatic rings. The molecule has 0 saturated carbocycles. The van der Waals surface area contributed by atoms with Crippen LogP contribution in [0.5, 0.6) is 5.88 Å². The van der Waals surface area contributed by atoms with E-state index >= 15 is 0 Å². The van der Waals surface area contributed by atoms with Crippen LogP contribution >= 0.6 is 15.9 Å². The van der Waals surface area contributed by atoms with E-state index in [2.05, 4.69) is 25.9 Å². The summed E-state index contributed by atoms with van der Waals surface area (Å²) in [6.45, 7) is 4.71. The molecule has 1 heterocycles. The smallest absolute Gasteiger partial charge is 0.228 e. The van der Waals surface area contributed by atoms with Gasteiger partial charge in [-0.15, -0.1) is 0 Å². The minimum absolute atomic E-state index is 0.0148. The largest absolute Gasteiger partial charge is 0.472 e. The van der Waals surface area contributed by atoms with E-state index in [-0.39, 0.29) is 6.61 Å². The molecule has 0 N–H and O–H groups in total. The van der Waals surface area contributed by atoms with Crippen LogP contribution in [-0.4, -0.2) is 29.8 Å². The number of pyridine rings is 1. The van der Waals surface area contributed by atoms with Gasteiger partial charge < -0.3 is 9.64 Å². The molecule has 0 aliphatic heterocycles. The van der Waals surface area contributed by atoms with E-state index in [1.807, 2.05) is 25.8 Å². The monoisotopic (exact) mass is 397 g/mol. The van der Waals surface area contributed by atoms with Crippen LogP contribution in [-0.2, 0) is 6.61 Å². The Hall–Kier alpha value is -2.02. The molecule has 0 spiro atoms. The standard InChI is InChI=1S/C17H18BrF2N3O/c1-4-23(3)10-21-16-8-15(18)17(22-11(16)2)24-9-12-5-13(19)7-14(20)6-12/h5-8,10H,4,9H2,1-3H3. The zero-order valence-electron chi connectivity index (χ0n) is 13.7. The third-order valence-electron chi connectivity index (χ3n) is 3.30. The van der Waals surface area contributed by atoms with Crippen molar-refractivity contribution in [3.63, 3.8) is 0 Å². The average Bonchev–Trinajstić information content (AvgIpc) is 2.52. The SMILES string of the molecule is CCN(C)C=Nc1cc(Br)c(OCc2cc(F)cc(F)c2)nc1C. The maximum atomic E-state index is 13.2. The van der Waals surface area contributed by atoms with E-state index in [1.165, 1.54) is 12.1 Å². The first-order chi connectivity index (χ1) is 11.4. The molecule has 24 heavy (non-hydrogen) atoms. The fourth-order valence-electron chi connectivity index (χ4n) is 1.87. The highest BCUT2D eigenvalue weighted by molar-refractivity contribution is 9.10. The summed E-state index contributed by atoms with van der Waals surface area (Å²) < 4.78 is 32.6. The number of aryl methyl sites for hydroxylation is 1. The van der Waals surface area contributed by atoms with Crippen LogP contribution in [0.1, 0.15) is 18.2 Å². The molecule has 7 heteroatoms. The number of ether oxygens (including phenoxy) is 1. The minimum Gasteiger partial charge on any atom is -0.472 e. The number of hydrogen-bond donors (Lipinski definition) is 0. The van der Waals surface area contributed by atoms with E-state index in [9.17, 15) is 8.78 Å². The van der Waals surface area contributed by atoms with Crippen molar-refractivity contribution in [2.24, 2.45) is 4.99 Å². The summed E-state index contributed by atoms with van der Waals surface area (Å²) >= 11 is 3.38. The van der Waals surface area contributed by atoms with Crippen molar-refractivity contribution in [1.29, 1.82) is 0 Å². The molecule has 0 bridgehead atoms. The number of nitrogens with zero attached hydrogens (tertiary/aromatic N) is 3. The Morgan fingerprint density at radius 2 is 1.92 bits per heavy atom. The lowest BCUT2D eigenvalue weighted by Crippen LogP contribution is -2.14. The van der Waals surface area contributed by atoms with Crippen molar-refractivity contribution in [1.82, 2.24) is 9.88 Å². The fraction of sp³-hybridized carbons (Fsp3) is 0.294. The summed E-state index contributed by atoms with van der Waals surface area (Å²) in [5.41, 5.74) is 1.80. The third kappa shape index (κ3) is 4.99. The van der Waals surface area contributed by atoms with E-state index in [1.54, 1.807) is 12.4 Å². The second kappa shape index (κ2) is 8.19. The van der Waals surface area contributed by atoms with Crippen LogP contribution < -0.4 is 4.74 Å². The van der Waals surface area contributed by atoms with Gasteiger partial charge in [-0.2, -0.15) is 0 Å². The Labute approximate surface area is 148 Å². The second-order valence-corrected chi connectivity index (χ2v) is 6.12. The zero-order valence-corrected chi connectivity index (χ0v) is 15.3. The van der Waals surface area contributed by atoms with E-state index in [4.69, 9.17) is 4.74 Å². The molecular weight excluding hydrogens is 380 g/mol. The van der Waals surface area contributed by atoms with Gasteiger partial charge in [0.2, 0.25) is 5.88 Å². The molecule has 0 aliphatic carbocycles. The number of hydrogen-bond acceptors (Lipinski definition) is 3. The molecule has 1 aromatic carbocycles. The zero-order chi connectivity index (χ0) is 17.7. The predicted octanol–water partition coefficient (Wildman–Crippen LogP) is 4.62. The van der Waals surface area contributed by atoms with Crippen LogP contribution in [0.25, 0.3) is 0 Å². The van der Waals surface area contributed by atoms with Gasteiger partial charge in [0.25, 0.3) is 0 Å². The Kier molecular flexibility index (Phi) is 6.25. The normalized spacial score (nSPS) is 11.1. The molecule has 0 radical (unpaired) electrons. The molecule has 0 amide bonds. The van der Waals surface area contributed by atoms with Gasteiger partial charge in [0.15, 0.2) is 0 Å². The van der Waals surface area contributed by atoms with Crippen molar-refractivity contribution in [3.05, 3.63) is 51.6 Å². The van der Waals surface area contributed by atoms with Gasteiger partial charge >= 0.3 is 0 Å². The molecule has 4 nitrogen and oxygen atoms in total. The quantitative estimate of drug-likeness (QED) is 0.527. The van der Waals surface area contributed by atoms with Gasteiger partial charge in [-0.25, -0.2) is 18.8 Å². The van der Waals surface area contributed by atoms with Crippen LogP contribution in [0.4, 0.5) is 14.5 Å². The molecule has 1 aromatic heterocycles. The van der Waals surface area contributed by atoms with Crippen LogP contribution in [0.3, 0.4) is 0 Å². The number of aliphatic imine (C=N–C) groups is 1. The molecule has 128 valence electrons. The van der Waals surface area contributed by atoms with Crippen LogP contribution in [0.15, 0.2) is 33.7 Å². The van der Waals surface area contributed by atoms with E-state index in [0.717, 1.165) is 12.6 Å². The number of halogens is 3. The lowest BCUT2D eigenvalue weighted by atomic mass is 10.2. The Morgan fingerprint density at radius 1 is 1.25 bits per heavy atom. The topological polar surface area (TPSA) is 37.7 Å². The van der Waals surface area contributed by atoms with Crippen molar-refractivity contribution < 1.29 is 13.5 Å². The fourth-order valence-corrected chi connectivity index (χ4v) is 2.29. The summed E-state index contributed by atoms with van der Waals surface area (Å²) in [7, 11) is 1.93. The highest BCUT2D eigenvalue weighted by atomic mass is 79.9. The van der Waals surface area contributed by atoms with Gasteiger partial charge in [-0.05, 0) is 53.5 Å². The van der Waals surface area contributed by atoms with Crippen molar-refractivity contribution in [3.8, 4) is 5.88 Å². The first-order valence-electron chi connectivity index (χ1n) is 7.38. The Morgan fingerprint density at radius 3 is 2.54 bits per heavy atom. The maximum absolute atomic E-state index is 13.2. The molecule has 0 aliphatic rings. The number of aromatic nitrogens is 1. The van der Waals surface area contributed by atoms with E-state index < -0.39 is 11.6 Å². The molecule has 0 saturated heterocycles. The van der Waals surface area contributed by atoms with Crippen LogP contribution in [0.2, 0.25) is 0 Å². The van der Waals surface area contributed by atoms with Gasteiger partial charge in [-0.1, -0.05) is 0 Å². The summed E-state index contributed by atoms with van der Waals surface area (Å²) in [6, 6.07) is 5.07. The minimum atomic E-state index is -0.637. The maximum Gasteiger partial charge on any atom is 0.228 e. The highest BCUT2D eigenvalue weighted by Crippen LogP contribution is 2.30. The summed E-state index contributed by atoms with van der Waals surface area (Å²) in [4.78, 5) is 10.7. The van der Waals surface area contributed by atoms with Crippen molar-refractivity contribution in [2.75, 3.05) is 13.6 Å². The molecule has 0 atom stereocenters. The molecule has 0 unspecified atom stereocenters. The summed E-state index contributed by atoms with van der Waals surface area (Å²) in [5.74, 6) is -0.928. The average molecular weight is 398 g/mol. The lowest BCUT2D eigenvalue weighted by Gasteiger charge is -2.11. The highest BCUT2D eigenvalue weighted by Gasteiger charge is 2.09. The number of benzene rings is 1. The third-order valence-corrected chi connectivity index (χ3v) is 3.87. The molecule has 0 fully saturated rings. The van der Waals surface area contributed by atoms with Gasteiger partial charge in [0.05, 0.1) is 22.2 Å². The van der Waals surface area contributed by atoms with Gasteiger partial charge in [0, 0.05) is 19.7 Å². The van der Waals surface area contributed by atoms with Crippen LogP contribution in [0, 0.1) is 18.6 Å². The second-order valence-electron chi connectivity index (χ2n) is 5.26. The summed E-state index contributed by atoms with van der Waals surface area (Å²) in [6.07, 6.45) is 1.73. The molecular formula is C17H18BrF2N3O. The van der Waals surface area contributed by atoms with Crippen molar-refractivity contribution in [2.45, 2.75) is 20.5 Å². The van der Waals surface area contributed by atoms with Gasteiger partial charge in [-0.3, -0.25) is 0 Å².